The van der Waals surface area contributed by atoms with Crippen molar-refractivity contribution in [2.45, 2.75) is 181 Å². The van der Waals surface area contributed by atoms with Crippen molar-refractivity contribution in [3.05, 3.63) is 142 Å². The molecule has 26 nitrogen and oxygen atoms in total. The number of carbonyl (C=O) groups excluding carboxylic acids is 8. The summed E-state index contributed by atoms with van der Waals surface area (Å²) < 4.78 is 83.5. The van der Waals surface area contributed by atoms with Gasteiger partial charge in [-0.3, -0.25) is 39.4 Å². The van der Waals surface area contributed by atoms with Crippen molar-refractivity contribution in [1.82, 2.24) is 58.5 Å². The van der Waals surface area contributed by atoms with Gasteiger partial charge in [0.05, 0.1) is 12.1 Å². The summed E-state index contributed by atoms with van der Waals surface area (Å²) in [5.74, 6) is -2.13. The van der Waals surface area contributed by atoms with E-state index in [1.807, 2.05) is 107 Å². The highest BCUT2D eigenvalue weighted by molar-refractivity contribution is 7.91. The number of aryl methyl sites for hydroxylation is 2. The molecular formula is C72H101Cl2F3N12O14S. The molecule has 4 aromatic rings. The molecule has 32 heteroatoms. The molecule has 6 atom stereocenters. The van der Waals surface area contributed by atoms with Gasteiger partial charge in [0.1, 0.15) is 60.1 Å². The number of alkyl halides is 3. The molecule has 2 heterocycles. The van der Waals surface area contributed by atoms with Crippen LogP contribution < -0.4 is 68.0 Å². The number of alkyl carbamates (subject to hydrolysis) is 2. The number of halogens is 5. The van der Waals surface area contributed by atoms with E-state index in [0.717, 1.165) is 46.6 Å². The van der Waals surface area contributed by atoms with Gasteiger partial charge in [0.25, 0.3) is 0 Å². The lowest BCUT2D eigenvalue weighted by molar-refractivity contribution is -0.133. The first kappa shape index (κ1) is 87.7. The summed E-state index contributed by atoms with van der Waals surface area (Å²) in [6, 6.07) is 25.9. The van der Waals surface area contributed by atoms with Gasteiger partial charge < -0.3 is 66.8 Å². The third-order valence-corrected chi connectivity index (χ3v) is 16.7. The van der Waals surface area contributed by atoms with Gasteiger partial charge in [-0.25, -0.2) is 9.59 Å². The molecule has 8 amide bonds. The average Bonchev–Trinajstić information content (AvgIpc) is 0.826. The molecule has 2 aliphatic heterocycles. The van der Waals surface area contributed by atoms with E-state index in [4.69, 9.17) is 42.1 Å². The van der Waals surface area contributed by atoms with E-state index in [9.17, 15) is 59.9 Å². The van der Waals surface area contributed by atoms with Crippen molar-refractivity contribution >= 4 is 86.8 Å². The van der Waals surface area contributed by atoms with Gasteiger partial charge in [0.2, 0.25) is 41.4 Å². The second-order valence-corrected chi connectivity index (χ2v) is 29.6. The van der Waals surface area contributed by atoms with Gasteiger partial charge >= 0.3 is 27.7 Å². The first-order chi connectivity index (χ1) is 48.7. The Balaban J connectivity index is 0.000000341. The SMILES string of the molecule is C=C(C)NC[C@@H]1NC(=O)[C@@H](C(C)C)NC(=O)[C@@H](Cc2ccc(Cl)cc2)NCCOc2ccccc2CCCNC1=O.CC(C)(C)OC(=O)NC(=NS(=O)(=O)C(F)(F)F)NC(=O)OC(C)(C)C.CC[C@@H]1NC(=O)[C@@H](C(C)C)NC(=O)[C@@H](Cc2ccc(Cl)cc2)NCCOc2ccccc2CCCNC1=O. The van der Waals surface area contributed by atoms with Crippen LogP contribution in [0.1, 0.15) is 125 Å². The number of ether oxygens (including phenoxy) is 4. The number of hydrogen-bond donors (Lipinski definition) is 11. The fourth-order valence-corrected chi connectivity index (χ4v) is 10.6. The van der Waals surface area contributed by atoms with Crippen LogP contribution in [0, 0.1) is 11.8 Å². The van der Waals surface area contributed by atoms with E-state index in [2.05, 4.69) is 58.8 Å². The zero-order chi connectivity index (χ0) is 77.5. The van der Waals surface area contributed by atoms with Gasteiger partial charge in [-0.15, -0.1) is 4.40 Å². The fraction of sp³-hybridized carbons (Fsp3) is 0.514. The second kappa shape index (κ2) is 42.3. The quantitative estimate of drug-likeness (QED) is 0.0500. The normalized spacial score (nSPS) is 19.6. The minimum absolute atomic E-state index is 0.170. The summed E-state index contributed by atoms with van der Waals surface area (Å²) in [7, 11) is -6.03. The lowest BCUT2D eigenvalue weighted by atomic mass is 10.0. The van der Waals surface area contributed by atoms with Crippen molar-refractivity contribution in [3.63, 3.8) is 0 Å². The number of nitrogens with zero attached hydrogens (tertiary/aromatic N) is 1. The lowest BCUT2D eigenvalue weighted by Gasteiger charge is -2.28. The minimum atomic E-state index is -6.03. The van der Waals surface area contributed by atoms with Crippen LogP contribution in [0.25, 0.3) is 0 Å². The molecule has 0 aromatic heterocycles. The van der Waals surface area contributed by atoms with Crippen LogP contribution in [0.15, 0.2) is 114 Å². The van der Waals surface area contributed by atoms with E-state index in [0.29, 0.717) is 87.2 Å². The maximum absolute atomic E-state index is 13.6. The number of nitrogens with one attached hydrogen (secondary N) is 11. The van der Waals surface area contributed by atoms with Gasteiger partial charge in [-0.1, -0.05) is 125 Å². The Hall–Kier alpha value is -8.71. The highest BCUT2D eigenvalue weighted by atomic mass is 35.5. The van der Waals surface area contributed by atoms with Gasteiger partial charge in [0.15, 0.2) is 0 Å². The Morgan fingerprint density at radius 2 is 0.962 bits per heavy atom. The number of guanidine groups is 1. The van der Waals surface area contributed by atoms with Gasteiger partial charge in [0, 0.05) is 48.5 Å². The number of benzene rings is 4. The van der Waals surface area contributed by atoms with Crippen molar-refractivity contribution in [3.8, 4) is 11.5 Å². The monoisotopic (exact) mass is 1520 g/mol. The van der Waals surface area contributed by atoms with Crippen LogP contribution in [0.4, 0.5) is 22.8 Å². The lowest BCUT2D eigenvalue weighted by Crippen LogP contribution is -2.59. The summed E-state index contributed by atoms with van der Waals surface area (Å²) in [6.45, 7) is 26.3. The zero-order valence-corrected chi connectivity index (χ0v) is 63.3. The van der Waals surface area contributed by atoms with Crippen LogP contribution in [0.5, 0.6) is 11.5 Å². The Morgan fingerprint density at radius 3 is 1.33 bits per heavy atom. The predicted molar refractivity (Wildman–Crippen MR) is 392 cm³/mol. The molecule has 0 saturated heterocycles. The van der Waals surface area contributed by atoms with E-state index in [1.165, 1.54) is 41.5 Å². The molecule has 6 rings (SSSR count). The first-order valence-electron chi connectivity index (χ1n) is 34.2. The maximum atomic E-state index is 13.6. The highest BCUT2D eigenvalue weighted by Gasteiger charge is 2.47. The molecule has 4 aromatic carbocycles. The molecule has 104 heavy (non-hydrogen) atoms. The Morgan fingerprint density at radius 1 is 0.577 bits per heavy atom. The molecule has 2 aliphatic rings. The zero-order valence-electron chi connectivity index (χ0n) is 60.9. The number of para-hydroxylation sites is 2. The van der Waals surface area contributed by atoms with E-state index < -0.39 is 87.0 Å². The predicted octanol–water partition coefficient (Wildman–Crippen LogP) is 7.99. The van der Waals surface area contributed by atoms with Crippen LogP contribution in [-0.4, -0.2) is 161 Å². The van der Waals surface area contributed by atoms with E-state index in [-0.39, 0.29) is 47.9 Å². The van der Waals surface area contributed by atoms with Crippen LogP contribution in [0.3, 0.4) is 0 Å². The maximum Gasteiger partial charge on any atom is 0.518 e. The molecule has 0 fully saturated rings. The van der Waals surface area contributed by atoms with Crippen LogP contribution >= 0.6 is 23.2 Å². The van der Waals surface area contributed by atoms with E-state index in [1.54, 1.807) is 41.8 Å². The Bertz CT molecular complexity index is 3620. The summed E-state index contributed by atoms with van der Waals surface area (Å²) >= 11 is 12.1. The number of amides is 8. The molecule has 574 valence electrons. The number of rotatable bonds is 11. The third-order valence-electron chi connectivity index (χ3n) is 15.1. The van der Waals surface area contributed by atoms with E-state index >= 15 is 0 Å². The fourth-order valence-electron chi connectivity index (χ4n) is 9.93. The summed E-state index contributed by atoms with van der Waals surface area (Å²) in [4.78, 5) is 103. The summed E-state index contributed by atoms with van der Waals surface area (Å²) in [5, 5.41) is 31.5. The van der Waals surface area contributed by atoms with Gasteiger partial charge in [-0.05, 0) is 164 Å². The molecule has 11 N–H and O–H groups in total. The molecule has 0 aliphatic carbocycles. The number of allylic oxidation sites excluding steroid dienone is 1. The standard InChI is InChI=1S/C31H42ClN5O4.C29H39ClN4O4.C12H20F3N3O6S/c1-20(2)28-31(40)36-26(19-35-21(3)4)29(38)34-15-7-9-23-8-5-6-10-27(23)41-17-16-33-25(30(39)37-28)18-22-11-13-24(32)14-12-22;1-4-23-27(35)32-15-7-9-21-8-5-6-10-25(21)38-17-16-31-24(18-20-11-13-22(30)14-12-20)28(36)34-26(19(2)3)29(37)33-23;1-10(2,3)23-8(19)16-7(17-9(20)24-11(4,5)6)18-25(21,22)12(13,14)15/h5-6,8,10-14,20,25-26,28,33,35H,3,7,9,15-19H2,1-2,4H3,(H,34,38)(H,36,40)(H,37,39);5-6,8,10-14,19,23-24,26,31H,4,7,9,15-18H2,1-3H3,(H,32,35)(H,33,37)(H,34,36);1-6H3,(H2,16,17,18,19,20)/t25-,26+,28-;23-,24+,26+;/m10./s1. The van der Waals surface area contributed by atoms with Crippen LogP contribution in [0.2, 0.25) is 10.0 Å². The van der Waals surface area contributed by atoms with Crippen molar-refractivity contribution in [1.29, 1.82) is 0 Å². The molecule has 0 saturated carbocycles. The third kappa shape index (κ3) is 32.5. The first-order valence-corrected chi connectivity index (χ1v) is 36.4. The topological polar surface area (TPSA) is 352 Å². The summed E-state index contributed by atoms with van der Waals surface area (Å²) in [5.41, 5.74) is -3.19. The van der Waals surface area contributed by atoms with Crippen LogP contribution in [-0.2, 0) is 73.9 Å². The smallest absolute Gasteiger partial charge is 0.492 e. The Labute approximate surface area is 617 Å². The summed E-state index contributed by atoms with van der Waals surface area (Å²) in [6.07, 6.45) is 1.46. The number of carbonyl (C=O) groups is 8. The van der Waals surface area contributed by atoms with Crippen molar-refractivity contribution < 1.29 is 78.9 Å². The minimum Gasteiger partial charge on any atom is -0.492 e. The Kier molecular flexibility index (Phi) is 35.7. The van der Waals surface area contributed by atoms with Crippen molar-refractivity contribution in [2.75, 3.05) is 45.9 Å². The van der Waals surface area contributed by atoms with Crippen molar-refractivity contribution in [2.24, 2.45) is 16.2 Å². The second-order valence-electron chi connectivity index (χ2n) is 27.1. The highest BCUT2D eigenvalue weighted by Crippen LogP contribution is 2.26. The molecule has 0 unspecified atom stereocenters. The molecule has 0 spiro atoms. The largest absolute Gasteiger partial charge is 0.518 e. The van der Waals surface area contributed by atoms with Gasteiger partial charge in [-0.2, -0.15) is 21.6 Å². The number of hydrogen-bond acceptors (Lipinski definition) is 17. The average molecular weight is 1520 g/mol. The number of fused-ring (bicyclic) bond motifs is 2. The number of sulfonamides is 1. The molecule has 0 radical (unpaired) electrons. The molecular weight excluding hydrogens is 1420 g/mol. The molecule has 0 bridgehead atoms.